The van der Waals surface area contributed by atoms with Crippen LogP contribution >= 0.6 is 11.8 Å². The molecule has 98 valence electrons. The van der Waals surface area contributed by atoms with E-state index in [0.29, 0.717) is 0 Å². The highest BCUT2D eigenvalue weighted by Crippen LogP contribution is 2.24. The van der Waals surface area contributed by atoms with Gasteiger partial charge >= 0.3 is 0 Å². The summed E-state index contributed by atoms with van der Waals surface area (Å²) in [6, 6.07) is 7.72. The lowest BCUT2D eigenvalue weighted by Crippen LogP contribution is -2.08. The van der Waals surface area contributed by atoms with Crippen molar-refractivity contribution in [2.75, 3.05) is 11.6 Å². The minimum Gasteiger partial charge on any atom is -0.321 e. The van der Waals surface area contributed by atoms with Crippen LogP contribution in [0.2, 0.25) is 0 Å². The molecule has 1 aromatic heterocycles. The van der Waals surface area contributed by atoms with Crippen LogP contribution in [0.4, 0.5) is 5.69 Å². The molecule has 2 rings (SSSR count). The first-order valence-corrected chi connectivity index (χ1v) is 7.02. The Morgan fingerprint density at radius 3 is 2.89 bits per heavy atom. The molecule has 19 heavy (non-hydrogen) atoms. The van der Waals surface area contributed by atoms with E-state index in [1.807, 2.05) is 43.8 Å². The van der Waals surface area contributed by atoms with Gasteiger partial charge in [-0.2, -0.15) is 5.10 Å². The Balaban J connectivity index is 2.03. The van der Waals surface area contributed by atoms with E-state index in [1.165, 1.54) is 6.08 Å². The van der Waals surface area contributed by atoms with E-state index in [4.69, 9.17) is 0 Å². The van der Waals surface area contributed by atoms with E-state index in [9.17, 15) is 4.79 Å². The van der Waals surface area contributed by atoms with Crippen molar-refractivity contribution >= 4 is 29.4 Å². The number of rotatable bonds is 4. The molecule has 0 unspecified atom stereocenters. The number of hydrogen-bond donors (Lipinski definition) is 1. The summed E-state index contributed by atoms with van der Waals surface area (Å²) in [6.07, 6.45) is 8.79. The summed E-state index contributed by atoms with van der Waals surface area (Å²) in [7, 11) is 1.84. The molecule has 1 amide bonds. The molecule has 0 spiro atoms. The van der Waals surface area contributed by atoms with Crippen LogP contribution in [-0.2, 0) is 11.8 Å². The average molecular weight is 273 g/mol. The molecule has 1 aromatic carbocycles. The zero-order chi connectivity index (χ0) is 13.7. The zero-order valence-electron chi connectivity index (χ0n) is 10.8. The first-order chi connectivity index (χ1) is 9.19. The van der Waals surface area contributed by atoms with Crippen molar-refractivity contribution in [1.82, 2.24) is 9.78 Å². The molecule has 4 nitrogen and oxygen atoms in total. The molecule has 1 heterocycles. The highest BCUT2D eigenvalue weighted by atomic mass is 32.2. The normalized spacial score (nSPS) is 10.8. The lowest BCUT2D eigenvalue weighted by Gasteiger charge is -2.06. The van der Waals surface area contributed by atoms with Crippen LogP contribution in [0.5, 0.6) is 0 Å². The van der Waals surface area contributed by atoms with Crippen LogP contribution in [0.1, 0.15) is 5.56 Å². The van der Waals surface area contributed by atoms with Crippen molar-refractivity contribution in [1.29, 1.82) is 0 Å². The maximum absolute atomic E-state index is 11.8. The van der Waals surface area contributed by atoms with E-state index < -0.39 is 0 Å². The molecular weight excluding hydrogens is 258 g/mol. The number of carbonyl (C=O) groups is 1. The highest BCUT2D eigenvalue weighted by molar-refractivity contribution is 7.98. The topological polar surface area (TPSA) is 46.9 Å². The van der Waals surface area contributed by atoms with Crippen molar-refractivity contribution in [3.8, 4) is 0 Å². The number of aromatic nitrogens is 2. The smallest absolute Gasteiger partial charge is 0.248 e. The SMILES string of the molecule is CSc1ccccc1NC(=O)/C=C\c1cnn(C)c1. The fourth-order valence-corrected chi connectivity index (χ4v) is 2.17. The fraction of sp³-hybridized carbons (Fsp3) is 0.143. The first kappa shape index (κ1) is 13.4. The summed E-state index contributed by atoms with van der Waals surface area (Å²) < 4.78 is 1.70. The number of para-hydroxylation sites is 1. The largest absolute Gasteiger partial charge is 0.321 e. The number of anilines is 1. The second-order valence-electron chi connectivity index (χ2n) is 3.97. The van der Waals surface area contributed by atoms with Gasteiger partial charge < -0.3 is 5.32 Å². The van der Waals surface area contributed by atoms with Gasteiger partial charge in [0.05, 0.1) is 11.9 Å². The van der Waals surface area contributed by atoms with E-state index >= 15 is 0 Å². The molecule has 0 bridgehead atoms. The maximum atomic E-state index is 11.8. The third-order valence-corrected chi connectivity index (χ3v) is 3.31. The average Bonchev–Trinajstić information content (AvgIpc) is 2.83. The number of amides is 1. The molecule has 0 radical (unpaired) electrons. The van der Waals surface area contributed by atoms with Gasteiger partial charge in [-0.05, 0) is 24.5 Å². The number of thioether (sulfide) groups is 1. The minimum atomic E-state index is -0.148. The summed E-state index contributed by atoms with van der Waals surface area (Å²) in [5.74, 6) is -0.148. The molecule has 5 heteroatoms. The molecule has 0 aliphatic carbocycles. The molecular formula is C14H15N3OS. The van der Waals surface area contributed by atoms with E-state index in [1.54, 1.807) is 28.7 Å². The van der Waals surface area contributed by atoms with Gasteiger partial charge in [-0.15, -0.1) is 11.8 Å². The quantitative estimate of drug-likeness (QED) is 0.688. The van der Waals surface area contributed by atoms with Gasteiger partial charge in [0.2, 0.25) is 5.91 Å². The summed E-state index contributed by atoms with van der Waals surface area (Å²) in [4.78, 5) is 12.9. The first-order valence-electron chi connectivity index (χ1n) is 5.80. The molecule has 1 N–H and O–H groups in total. The second kappa shape index (κ2) is 6.24. The number of carbonyl (C=O) groups excluding carboxylic acids is 1. The predicted octanol–water partition coefficient (Wildman–Crippen LogP) is 2.79. The maximum Gasteiger partial charge on any atom is 0.248 e. The number of aryl methyl sites for hydroxylation is 1. The van der Waals surface area contributed by atoms with Crippen molar-refractivity contribution in [2.24, 2.45) is 7.05 Å². The van der Waals surface area contributed by atoms with E-state index in [2.05, 4.69) is 10.4 Å². The molecule has 0 saturated heterocycles. The molecule has 2 aromatic rings. The summed E-state index contributed by atoms with van der Waals surface area (Å²) in [5, 5.41) is 6.90. The number of nitrogens with one attached hydrogen (secondary N) is 1. The van der Waals surface area contributed by atoms with Crippen molar-refractivity contribution in [2.45, 2.75) is 4.90 Å². The van der Waals surface area contributed by atoms with Crippen molar-refractivity contribution in [3.05, 3.63) is 48.3 Å². The lowest BCUT2D eigenvalue weighted by molar-refractivity contribution is -0.111. The van der Waals surface area contributed by atoms with Crippen LogP contribution in [0.15, 0.2) is 47.6 Å². The zero-order valence-corrected chi connectivity index (χ0v) is 11.6. The third kappa shape index (κ3) is 3.72. The van der Waals surface area contributed by atoms with Gasteiger partial charge in [0, 0.05) is 29.8 Å². The van der Waals surface area contributed by atoms with Gasteiger partial charge in [-0.25, -0.2) is 0 Å². The van der Waals surface area contributed by atoms with Crippen molar-refractivity contribution < 1.29 is 4.79 Å². The minimum absolute atomic E-state index is 0.148. The van der Waals surface area contributed by atoms with Crippen molar-refractivity contribution in [3.63, 3.8) is 0 Å². The van der Waals surface area contributed by atoms with Gasteiger partial charge in [0.15, 0.2) is 0 Å². The Bertz CT molecular complexity index is 604. The molecule has 0 atom stereocenters. The van der Waals surface area contributed by atoms with Gasteiger partial charge in [-0.3, -0.25) is 9.48 Å². The fourth-order valence-electron chi connectivity index (χ4n) is 1.62. The number of hydrogen-bond acceptors (Lipinski definition) is 3. The van der Waals surface area contributed by atoms with E-state index in [-0.39, 0.29) is 5.91 Å². The Labute approximate surface area is 116 Å². The molecule has 0 fully saturated rings. The molecule has 0 aliphatic heterocycles. The summed E-state index contributed by atoms with van der Waals surface area (Å²) >= 11 is 1.60. The summed E-state index contributed by atoms with van der Waals surface area (Å²) in [5.41, 5.74) is 1.73. The standard InChI is InChI=1S/C14H15N3OS/c1-17-10-11(9-15-17)7-8-14(18)16-12-5-3-4-6-13(12)19-2/h3-10H,1-2H3,(H,16,18)/b8-7-. The van der Waals surface area contributed by atoms with Crippen LogP contribution in [0, 0.1) is 0 Å². The van der Waals surface area contributed by atoms with Gasteiger partial charge in [0.25, 0.3) is 0 Å². The molecule has 0 saturated carbocycles. The van der Waals surface area contributed by atoms with Gasteiger partial charge in [0.1, 0.15) is 0 Å². The van der Waals surface area contributed by atoms with Gasteiger partial charge in [-0.1, -0.05) is 12.1 Å². The van der Waals surface area contributed by atoms with E-state index in [0.717, 1.165) is 16.1 Å². The number of nitrogens with zero attached hydrogens (tertiary/aromatic N) is 2. The monoisotopic (exact) mass is 273 g/mol. The van der Waals surface area contributed by atoms with Crippen LogP contribution in [0.3, 0.4) is 0 Å². The second-order valence-corrected chi connectivity index (χ2v) is 4.82. The summed E-state index contributed by atoms with van der Waals surface area (Å²) in [6.45, 7) is 0. The molecule has 0 aliphatic rings. The highest BCUT2D eigenvalue weighted by Gasteiger charge is 2.02. The van der Waals surface area contributed by atoms with Crippen LogP contribution in [-0.4, -0.2) is 21.9 Å². The number of benzene rings is 1. The third-order valence-electron chi connectivity index (χ3n) is 2.52. The Kier molecular flexibility index (Phi) is 4.41. The Morgan fingerprint density at radius 1 is 1.42 bits per heavy atom. The predicted molar refractivity (Wildman–Crippen MR) is 79.1 cm³/mol. The Hall–Kier alpha value is -2.01. The van der Waals surface area contributed by atoms with Crippen LogP contribution < -0.4 is 5.32 Å². The van der Waals surface area contributed by atoms with Crippen LogP contribution in [0.25, 0.3) is 6.08 Å². The lowest BCUT2D eigenvalue weighted by atomic mass is 10.3. The Morgan fingerprint density at radius 2 is 2.21 bits per heavy atom.